The number of carbonyl (C=O) groups is 1. The van der Waals surface area contributed by atoms with Gasteiger partial charge in [0.15, 0.2) is 18.1 Å². The number of pyridine rings is 1. The number of ether oxygens (including phenoxy) is 2. The molecule has 0 atom stereocenters. The number of hydrogen-bond acceptors (Lipinski definition) is 5. The molecule has 0 spiro atoms. The van der Waals surface area contributed by atoms with Crippen LogP contribution in [0.3, 0.4) is 0 Å². The second kappa shape index (κ2) is 11.3. The lowest BCUT2D eigenvalue weighted by atomic mass is 10.2. The van der Waals surface area contributed by atoms with E-state index in [9.17, 15) is 9.18 Å². The standard InChI is InChI=1S/C23H23ClFN3O3/c1-30-22-12-16(14-26-11-9-17-4-2-3-10-27-17)5-8-21(22)31-15-23(29)28-18-6-7-20(25)19(24)13-18/h2-8,10,12-13,26H,9,11,14-15H2,1H3,(H,28,29). The number of carbonyl (C=O) groups excluding carboxylic acids is 1. The first kappa shape index (κ1) is 22.5. The molecule has 8 heteroatoms. The molecule has 0 radical (unpaired) electrons. The van der Waals surface area contributed by atoms with Gasteiger partial charge in [-0.2, -0.15) is 0 Å². The van der Waals surface area contributed by atoms with Gasteiger partial charge in [-0.15, -0.1) is 0 Å². The van der Waals surface area contributed by atoms with Crippen molar-refractivity contribution >= 4 is 23.2 Å². The summed E-state index contributed by atoms with van der Waals surface area (Å²) >= 11 is 5.72. The van der Waals surface area contributed by atoms with E-state index in [4.69, 9.17) is 21.1 Å². The van der Waals surface area contributed by atoms with Crippen molar-refractivity contribution in [3.63, 3.8) is 0 Å². The molecule has 0 aliphatic rings. The van der Waals surface area contributed by atoms with E-state index in [1.165, 1.54) is 18.2 Å². The average Bonchev–Trinajstić information content (AvgIpc) is 2.79. The number of halogens is 2. The summed E-state index contributed by atoms with van der Waals surface area (Å²) in [5, 5.41) is 5.91. The van der Waals surface area contributed by atoms with Crippen molar-refractivity contribution in [1.29, 1.82) is 0 Å². The minimum atomic E-state index is -0.549. The van der Waals surface area contributed by atoms with E-state index in [-0.39, 0.29) is 11.6 Å². The minimum absolute atomic E-state index is 0.0652. The quantitative estimate of drug-likeness (QED) is 0.459. The molecule has 0 aliphatic carbocycles. The van der Waals surface area contributed by atoms with E-state index < -0.39 is 11.7 Å². The number of aromatic nitrogens is 1. The molecule has 3 aromatic rings. The van der Waals surface area contributed by atoms with Crippen LogP contribution in [0.1, 0.15) is 11.3 Å². The molecule has 0 saturated heterocycles. The largest absolute Gasteiger partial charge is 0.493 e. The van der Waals surface area contributed by atoms with Crippen molar-refractivity contribution in [3.8, 4) is 11.5 Å². The predicted octanol–water partition coefficient (Wildman–Crippen LogP) is 4.23. The molecule has 2 N–H and O–H groups in total. The molecule has 1 heterocycles. The van der Waals surface area contributed by atoms with E-state index in [0.717, 1.165) is 24.2 Å². The molecule has 0 aliphatic heterocycles. The Labute approximate surface area is 185 Å². The van der Waals surface area contributed by atoms with Gasteiger partial charge in [-0.25, -0.2) is 4.39 Å². The Balaban J connectivity index is 1.48. The molecule has 0 unspecified atom stereocenters. The fourth-order valence-corrected chi connectivity index (χ4v) is 3.03. The molecule has 0 bridgehead atoms. The molecule has 2 aromatic carbocycles. The van der Waals surface area contributed by atoms with Gasteiger partial charge in [0, 0.05) is 37.1 Å². The maximum atomic E-state index is 13.2. The maximum absolute atomic E-state index is 13.2. The zero-order chi connectivity index (χ0) is 22.1. The molecule has 1 aromatic heterocycles. The second-order valence-electron chi connectivity index (χ2n) is 6.70. The molecule has 3 rings (SSSR count). The van der Waals surface area contributed by atoms with Gasteiger partial charge in [0.2, 0.25) is 0 Å². The van der Waals surface area contributed by atoms with Crippen LogP contribution in [-0.2, 0) is 17.8 Å². The predicted molar refractivity (Wildman–Crippen MR) is 118 cm³/mol. The van der Waals surface area contributed by atoms with Crippen molar-refractivity contribution < 1.29 is 18.7 Å². The third kappa shape index (κ3) is 6.94. The van der Waals surface area contributed by atoms with Crippen LogP contribution in [-0.4, -0.2) is 31.2 Å². The summed E-state index contributed by atoms with van der Waals surface area (Å²) in [4.78, 5) is 16.4. The first-order valence-corrected chi connectivity index (χ1v) is 10.1. The van der Waals surface area contributed by atoms with Crippen molar-refractivity contribution in [2.45, 2.75) is 13.0 Å². The van der Waals surface area contributed by atoms with Gasteiger partial charge in [0.05, 0.1) is 12.1 Å². The number of rotatable bonds is 10. The van der Waals surface area contributed by atoms with Crippen LogP contribution >= 0.6 is 11.6 Å². The van der Waals surface area contributed by atoms with Crippen LogP contribution in [0.15, 0.2) is 60.8 Å². The first-order chi connectivity index (χ1) is 15.0. The summed E-state index contributed by atoms with van der Waals surface area (Å²) in [7, 11) is 1.54. The normalized spacial score (nSPS) is 10.5. The lowest BCUT2D eigenvalue weighted by Crippen LogP contribution is -2.20. The molecule has 162 valence electrons. The summed E-state index contributed by atoms with van der Waals surface area (Å²) in [6.07, 6.45) is 2.63. The molecule has 0 saturated carbocycles. The lowest BCUT2D eigenvalue weighted by molar-refractivity contribution is -0.118. The van der Waals surface area contributed by atoms with Gasteiger partial charge in [-0.3, -0.25) is 9.78 Å². The molecule has 6 nitrogen and oxygen atoms in total. The van der Waals surface area contributed by atoms with Crippen molar-refractivity contribution in [1.82, 2.24) is 10.3 Å². The number of hydrogen-bond donors (Lipinski definition) is 2. The Bertz CT molecular complexity index is 1020. The van der Waals surface area contributed by atoms with E-state index in [2.05, 4.69) is 15.6 Å². The van der Waals surface area contributed by atoms with E-state index in [1.807, 2.05) is 30.3 Å². The van der Waals surface area contributed by atoms with Crippen LogP contribution in [0.2, 0.25) is 5.02 Å². The monoisotopic (exact) mass is 443 g/mol. The van der Waals surface area contributed by atoms with Crippen LogP contribution in [0, 0.1) is 5.82 Å². The highest BCUT2D eigenvalue weighted by Gasteiger charge is 2.10. The van der Waals surface area contributed by atoms with Gasteiger partial charge < -0.3 is 20.1 Å². The summed E-state index contributed by atoms with van der Waals surface area (Å²) < 4.78 is 24.2. The maximum Gasteiger partial charge on any atom is 0.262 e. The first-order valence-electron chi connectivity index (χ1n) is 9.70. The Morgan fingerprint density at radius 3 is 2.74 bits per heavy atom. The van der Waals surface area contributed by atoms with E-state index >= 15 is 0 Å². The summed E-state index contributed by atoms with van der Waals surface area (Å²) in [6.45, 7) is 1.23. The Morgan fingerprint density at radius 1 is 1.13 bits per heavy atom. The Hall–Kier alpha value is -3.16. The Morgan fingerprint density at radius 2 is 2.00 bits per heavy atom. The molecular weight excluding hydrogens is 421 g/mol. The van der Waals surface area contributed by atoms with Crippen LogP contribution in [0.5, 0.6) is 11.5 Å². The van der Waals surface area contributed by atoms with E-state index in [0.29, 0.717) is 23.7 Å². The summed E-state index contributed by atoms with van der Waals surface area (Å²) in [6, 6.07) is 15.3. The van der Waals surface area contributed by atoms with Crippen molar-refractivity contribution in [2.24, 2.45) is 0 Å². The van der Waals surface area contributed by atoms with Gasteiger partial charge in [0.1, 0.15) is 5.82 Å². The Kier molecular flexibility index (Phi) is 8.20. The van der Waals surface area contributed by atoms with Crippen molar-refractivity contribution in [2.75, 3.05) is 25.6 Å². The zero-order valence-corrected chi connectivity index (χ0v) is 17.8. The fraction of sp³-hybridized carbons (Fsp3) is 0.217. The second-order valence-corrected chi connectivity index (χ2v) is 7.11. The number of benzene rings is 2. The van der Waals surface area contributed by atoms with Gasteiger partial charge >= 0.3 is 0 Å². The van der Waals surface area contributed by atoms with Crippen molar-refractivity contribution in [3.05, 3.63) is 82.9 Å². The number of nitrogens with one attached hydrogen (secondary N) is 2. The summed E-state index contributed by atoms with van der Waals surface area (Å²) in [5.74, 6) is 0.0330. The third-order valence-corrected chi connectivity index (χ3v) is 4.69. The number of methoxy groups -OCH3 is 1. The van der Waals surface area contributed by atoms with Crippen LogP contribution < -0.4 is 20.1 Å². The van der Waals surface area contributed by atoms with Gasteiger partial charge in [0.25, 0.3) is 5.91 Å². The SMILES string of the molecule is COc1cc(CNCCc2ccccn2)ccc1OCC(=O)Nc1ccc(F)c(Cl)c1. The molecule has 31 heavy (non-hydrogen) atoms. The van der Waals surface area contributed by atoms with Gasteiger partial charge in [-0.1, -0.05) is 23.7 Å². The zero-order valence-electron chi connectivity index (χ0n) is 17.0. The molecular formula is C23H23ClFN3O3. The number of nitrogens with zero attached hydrogens (tertiary/aromatic N) is 1. The highest BCUT2D eigenvalue weighted by atomic mass is 35.5. The highest BCUT2D eigenvalue weighted by Crippen LogP contribution is 2.28. The van der Waals surface area contributed by atoms with Crippen LogP contribution in [0.4, 0.5) is 10.1 Å². The topological polar surface area (TPSA) is 72.5 Å². The summed E-state index contributed by atoms with van der Waals surface area (Å²) in [5.41, 5.74) is 2.45. The fourth-order valence-electron chi connectivity index (χ4n) is 2.85. The van der Waals surface area contributed by atoms with E-state index in [1.54, 1.807) is 19.4 Å². The smallest absolute Gasteiger partial charge is 0.262 e. The lowest BCUT2D eigenvalue weighted by Gasteiger charge is -2.13. The highest BCUT2D eigenvalue weighted by molar-refractivity contribution is 6.31. The average molecular weight is 444 g/mol. The minimum Gasteiger partial charge on any atom is -0.493 e. The molecule has 0 fully saturated rings. The van der Waals surface area contributed by atoms with Gasteiger partial charge in [-0.05, 0) is 48.0 Å². The number of amides is 1. The third-order valence-electron chi connectivity index (χ3n) is 4.40. The number of anilines is 1. The van der Waals surface area contributed by atoms with Crippen LogP contribution in [0.25, 0.3) is 0 Å². The molecule has 1 amide bonds.